The highest BCUT2D eigenvalue weighted by molar-refractivity contribution is 5.91. The molecule has 2 aromatic heterocycles. The van der Waals surface area contributed by atoms with Gasteiger partial charge in [-0.3, -0.25) is 4.79 Å². The third kappa shape index (κ3) is 4.06. The van der Waals surface area contributed by atoms with E-state index in [0.717, 1.165) is 33.9 Å². The first kappa shape index (κ1) is 19.7. The molecule has 1 amide bonds. The molecule has 0 saturated carbocycles. The number of nitrogens with zero attached hydrogens (tertiary/aromatic N) is 2. The quantitative estimate of drug-likeness (QED) is 0.490. The van der Waals surface area contributed by atoms with Gasteiger partial charge in [-0.1, -0.05) is 24.3 Å². The number of amides is 1. The smallest absolute Gasteiger partial charge is 0.225 e. The zero-order valence-electron chi connectivity index (χ0n) is 17.4. The Hall–Kier alpha value is -3.60. The number of anilines is 1. The number of pyridine rings is 1. The van der Waals surface area contributed by atoms with Crippen LogP contribution < -0.4 is 10.1 Å². The van der Waals surface area contributed by atoms with Crippen molar-refractivity contribution < 1.29 is 9.53 Å². The second-order valence-electron chi connectivity index (χ2n) is 7.49. The number of methoxy groups -OCH3 is 1. The molecule has 0 spiro atoms. The van der Waals surface area contributed by atoms with Crippen LogP contribution >= 0.6 is 0 Å². The molecule has 1 unspecified atom stereocenters. The molecular weight excluding hydrogens is 374 g/mol. The molecule has 30 heavy (non-hydrogen) atoms. The number of imidazole rings is 1. The topological polar surface area (TPSA) is 55.6 Å². The Morgan fingerprint density at radius 1 is 1.07 bits per heavy atom. The maximum Gasteiger partial charge on any atom is 0.225 e. The predicted octanol–water partition coefficient (Wildman–Crippen LogP) is 5.12. The van der Waals surface area contributed by atoms with Crippen LogP contribution in [0.4, 0.5) is 5.69 Å². The molecule has 0 saturated heterocycles. The maximum atomic E-state index is 13.0. The largest absolute Gasteiger partial charge is 0.497 e. The van der Waals surface area contributed by atoms with Gasteiger partial charge in [0, 0.05) is 30.4 Å². The molecule has 0 bridgehead atoms. The predicted molar refractivity (Wildman–Crippen MR) is 119 cm³/mol. The summed E-state index contributed by atoms with van der Waals surface area (Å²) in [5, 5.41) is 3.05. The van der Waals surface area contributed by atoms with Gasteiger partial charge in [-0.05, 0) is 66.9 Å². The minimum Gasteiger partial charge on any atom is -0.497 e. The summed E-state index contributed by atoms with van der Waals surface area (Å²) >= 11 is 0. The summed E-state index contributed by atoms with van der Waals surface area (Å²) in [7, 11) is 1.65. The lowest BCUT2D eigenvalue weighted by molar-refractivity contribution is -0.116. The van der Waals surface area contributed by atoms with Gasteiger partial charge >= 0.3 is 0 Å². The van der Waals surface area contributed by atoms with Gasteiger partial charge in [0.2, 0.25) is 5.91 Å². The zero-order chi connectivity index (χ0) is 21.1. The molecule has 0 radical (unpaired) electrons. The molecule has 0 fully saturated rings. The van der Waals surface area contributed by atoms with E-state index in [-0.39, 0.29) is 11.8 Å². The van der Waals surface area contributed by atoms with E-state index in [2.05, 4.69) is 17.2 Å². The summed E-state index contributed by atoms with van der Waals surface area (Å²) < 4.78 is 7.45. The van der Waals surface area contributed by atoms with Gasteiger partial charge in [-0.15, -0.1) is 0 Å². The minimum atomic E-state index is -0.163. The van der Waals surface area contributed by atoms with Crippen molar-refractivity contribution in [3.05, 3.63) is 95.4 Å². The summed E-state index contributed by atoms with van der Waals surface area (Å²) in [6.45, 7) is 4.10. The molecule has 0 aliphatic heterocycles. The highest BCUT2D eigenvalue weighted by Crippen LogP contribution is 2.31. The van der Waals surface area contributed by atoms with Gasteiger partial charge in [-0.2, -0.15) is 0 Å². The molecule has 0 aliphatic carbocycles. The fraction of sp³-hybridized carbons (Fsp3) is 0.200. The van der Waals surface area contributed by atoms with Crippen LogP contribution in [-0.2, 0) is 4.79 Å². The van der Waals surface area contributed by atoms with Crippen LogP contribution in [0.25, 0.3) is 5.65 Å². The van der Waals surface area contributed by atoms with Crippen molar-refractivity contribution >= 4 is 17.2 Å². The first-order chi connectivity index (χ1) is 14.5. The van der Waals surface area contributed by atoms with Crippen molar-refractivity contribution in [3.63, 3.8) is 0 Å². The van der Waals surface area contributed by atoms with Crippen molar-refractivity contribution in [3.8, 4) is 5.75 Å². The van der Waals surface area contributed by atoms with Crippen molar-refractivity contribution in [1.82, 2.24) is 9.38 Å². The Kier molecular flexibility index (Phi) is 5.53. The highest BCUT2D eigenvalue weighted by Gasteiger charge is 2.22. The third-order valence-corrected chi connectivity index (χ3v) is 5.48. The van der Waals surface area contributed by atoms with Crippen LogP contribution in [-0.4, -0.2) is 22.4 Å². The molecule has 4 rings (SSSR count). The number of fused-ring (bicyclic) bond motifs is 1. The number of rotatable bonds is 6. The summed E-state index contributed by atoms with van der Waals surface area (Å²) in [5.74, 6) is 0.557. The first-order valence-corrected chi connectivity index (χ1v) is 9.98. The standard InChI is InChI=1S/C25H25N3O2/c1-17-10-11-20(13-18(17)2)27-25(29)15-22(19-7-6-8-21(14-19)30-3)23-16-26-24-9-4-5-12-28(23)24/h4-14,16,22H,15H2,1-3H3,(H,27,29). The fourth-order valence-electron chi connectivity index (χ4n) is 3.68. The Morgan fingerprint density at radius 2 is 1.93 bits per heavy atom. The first-order valence-electron chi connectivity index (χ1n) is 9.98. The fourth-order valence-corrected chi connectivity index (χ4v) is 3.68. The van der Waals surface area contributed by atoms with Gasteiger partial charge in [0.25, 0.3) is 0 Å². The molecule has 152 valence electrons. The molecule has 2 aromatic carbocycles. The zero-order valence-corrected chi connectivity index (χ0v) is 17.4. The normalized spacial score (nSPS) is 12.0. The molecule has 4 aromatic rings. The van der Waals surface area contributed by atoms with Crippen LogP contribution in [0.5, 0.6) is 5.75 Å². The van der Waals surface area contributed by atoms with E-state index >= 15 is 0 Å². The van der Waals surface area contributed by atoms with Gasteiger partial charge in [0.05, 0.1) is 12.8 Å². The summed E-state index contributed by atoms with van der Waals surface area (Å²) in [6.07, 6.45) is 4.12. The Balaban J connectivity index is 1.68. The number of hydrogen-bond donors (Lipinski definition) is 1. The minimum absolute atomic E-state index is 0.0445. The average molecular weight is 399 g/mol. The number of carbonyl (C=O) groups excluding carboxylic acids is 1. The average Bonchev–Trinajstić information content (AvgIpc) is 3.18. The van der Waals surface area contributed by atoms with Gasteiger partial charge in [0.1, 0.15) is 11.4 Å². The number of aromatic nitrogens is 2. The van der Waals surface area contributed by atoms with E-state index in [0.29, 0.717) is 6.42 Å². The third-order valence-electron chi connectivity index (χ3n) is 5.48. The van der Waals surface area contributed by atoms with Crippen molar-refractivity contribution in [2.75, 3.05) is 12.4 Å². The highest BCUT2D eigenvalue weighted by atomic mass is 16.5. The van der Waals surface area contributed by atoms with Gasteiger partial charge in [0.15, 0.2) is 0 Å². The second kappa shape index (κ2) is 8.41. The van der Waals surface area contributed by atoms with E-state index in [1.54, 1.807) is 7.11 Å². The molecule has 2 heterocycles. The number of carbonyl (C=O) groups is 1. The van der Waals surface area contributed by atoms with Gasteiger partial charge in [-0.25, -0.2) is 4.98 Å². The molecule has 5 nitrogen and oxygen atoms in total. The number of hydrogen-bond acceptors (Lipinski definition) is 3. The molecule has 0 aliphatic rings. The monoisotopic (exact) mass is 399 g/mol. The number of benzene rings is 2. The number of nitrogens with one attached hydrogen (secondary N) is 1. The Morgan fingerprint density at radius 3 is 2.73 bits per heavy atom. The van der Waals surface area contributed by atoms with Crippen LogP contribution in [0.3, 0.4) is 0 Å². The summed E-state index contributed by atoms with van der Waals surface area (Å²) in [6, 6.07) is 19.7. The van der Waals surface area contributed by atoms with Crippen molar-refractivity contribution in [1.29, 1.82) is 0 Å². The van der Waals surface area contributed by atoms with Crippen LogP contribution in [0.2, 0.25) is 0 Å². The van der Waals surface area contributed by atoms with Crippen molar-refractivity contribution in [2.45, 2.75) is 26.2 Å². The SMILES string of the molecule is COc1cccc(C(CC(=O)Nc2ccc(C)c(C)c2)c2cnc3ccccn23)c1. The van der Waals surface area contributed by atoms with E-state index in [4.69, 9.17) is 4.74 Å². The van der Waals surface area contributed by atoms with Crippen LogP contribution in [0.1, 0.15) is 34.7 Å². The van der Waals surface area contributed by atoms with Crippen LogP contribution in [0, 0.1) is 13.8 Å². The van der Waals surface area contributed by atoms with E-state index in [1.165, 1.54) is 5.56 Å². The van der Waals surface area contributed by atoms with Crippen LogP contribution in [0.15, 0.2) is 73.1 Å². The lowest BCUT2D eigenvalue weighted by atomic mass is 9.92. The molecular formula is C25H25N3O2. The lowest BCUT2D eigenvalue weighted by Crippen LogP contribution is -2.17. The summed E-state index contributed by atoms with van der Waals surface area (Å²) in [4.78, 5) is 17.5. The summed E-state index contributed by atoms with van der Waals surface area (Å²) in [5.41, 5.74) is 6.00. The van der Waals surface area contributed by atoms with E-state index in [9.17, 15) is 4.79 Å². The molecule has 1 N–H and O–H groups in total. The van der Waals surface area contributed by atoms with E-state index in [1.807, 2.05) is 84.4 Å². The Labute approximate surface area is 176 Å². The van der Waals surface area contributed by atoms with Crippen molar-refractivity contribution in [2.24, 2.45) is 0 Å². The maximum absolute atomic E-state index is 13.0. The molecule has 1 atom stereocenters. The molecule has 5 heteroatoms. The second-order valence-corrected chi connectivity index (χ2v) is 7.49. The van der Waals surface area contributed by atoms with E-state index < -0.39 is 0 Å². The number of aryl methyl sites for hydroxylation is 2. The van der Waals surface area contributed by atoms with Gasteiger partial charge < -0.3 is 14.5 Å². The Bertz CT molecular complexity index is 1200. The number of ether oxygens (including phenoxy) is 1. The lowest BCUT2D eigenvalue weighted by Gasteiger charge is -2.18.